The SMILES string of the molecule is CO[C@@H]1CC[C@H]2C[C@@H]1[C@@H](Oc1ccccn1)CN2Cc1ccc(F)cc1. The van der Waals surface area contributed by atoms with Gasteiger partial charge in [0.25, 0.3) is 0 Å². The van der Waals surface area contributed by atoms with E-state index in [0.717, 1.165) is 37.9 Å². The molecule has 1 saturated heterocycles. The van der Waals surface area contributed by atoms with Crippen molar-refractivity contribution in [1.29, 1.82) is 0 Å². The number of benzene rings is 1. The summed E-state index contributed by atoms with van der Waals surface area (Å²) in [4.78, 5) is 6.80. The quantitative estimate of drug-likeness (QED) is 0.819. The summed E-state index contributed by atoms with van der Waals surface area (Å²) in [7, 11) is 1.80. The third kappa shape index (κ3) is 3.74. The van der Waals surface area contributed by atoms with Gasteiger partial charge in [-0.2, -0.15) is 0 Å². The molecule has 2 aromatic rings. The number of methoxy groups -OCH3 is 1. The summed E-state index contributed by atoms with van der Waals surface area (Å²) < 4.78 is 25.2. The highest BCUT2D eigenvalue weighted by Crippen LogP contribution is 2.38. The molecule has 4 atom stereocenters. The van der Waals surface area contributed by atoms with Crippen LogP contribution in [-0.2, 0) is 11.3 Å². The highest BCUT2D eigenvalue weighted by Gasteiger charge is 2.44. The molecule has 1 saturated carbocycles. The third-order valence-corrected chi connectivity index (χ3v) is 5.73. The fourth-order valence-electron chi connectivity index (χ4n) is 4.40. The van der Waals surface area contributed by atoms with Crippen LogP contribution in [0.4, 0.5) is 4.39 Å². The highest BCUT2D eigenvalue weighted by atomic mass is 19.1. The van der Waals surface area contributed by atoms with Gasteiger partial charge in [-0.05, 0) is 43.0 Å². The molecule has 1 aliphatic carbocycles. The number of likely N-dealkylation sites (tertiary alicyclic amines) is 1. The monoisotopic (exact) mass is 356 g/mol. The highest BCUT2D eigenvalue weighted by molar-refractivity contribution is 5.17. The van der Waals surface area contributed by atoms with Gasteiger partial charge in [0.2, 0.25) is 5.88 Å². The molecule has 26 heavy (non-hydrogen) atoms. The summed E-state index contributed by atoms with van der Waals surface area (Å²) >= 11 is 0. The molecule has 2 aliphatic rings. The Hall–Kier alpha value is -1.98. The van der Waals surface area contributed by atoms with Crippen LogP contribution in [0.5, 0.6) is 5.88 Å². The molecule has 1 aromatic carbocycles. The minimum absolute atomic E-state index is 0.0480. The molecule has 2 fully saturated rings. The summed E-state index contributed by atoms with van der Waals surface area (Å²) in [6.07, 6.45) is 5.29. The first kappa shape index (κ1) is 17.4. The van der Waals surface area contributed by atoms with Crippen molar-refractivity contribution in [2.24, 2.45) is 5.92 Å². The van der Waals surface area contributed by atoms with Crippen LogP contribution >= 0.6 is 0 Å². The molecule has 5 heteroatoms. The van der Waals surface area contributed by atoms with Crippen LogP contribution in [0.1, 0.15) is 24.8 Å². The second-order valence-corrected chi connectivity index (χ2v) is 7.29. The van der Waals surface area contributed by atoms with Gasteiger partial charge in [-0.25, -0.2) is 9.37 Å². The van der Waals surface area contributed by atoms with Gasteiger partial charge in [0.05, 0.1) is 6.10 Å². The molecule has 0 amide bonds. The minimum Gasteiger partial charge on any atom is -0.473 e. The lowest BCUT2D eigenvalue weighted by Gasteiger charge is -2.49. The Morgan fingerprint density at radius 1 is 1.12 bits per heavy atom. The molecule has 2 bridgehead atoms. The first-order valence-corrected chi connectivity index (χ1v) is 9.32. The van der Waals surface area contributed by atoms with Crippen molar-refractivity contribution in [2.45, 2.75) is 44.1 Å². The maximum atomic E-state index is 13.2. The van der Waals surface area contributed by atoms with Gasteiger partial charge in [-0.3, -0.25) is 4.90 Å². The molecule has 1 aliphatic heterocycles. The number of nitrogens with zero attached hydrogens (tertiary/aromatic N) is 2. The van der Waals surface area contributed by atoms with Crippen LogP contribution in [0.15, 0.2) is 48.7 Å². The van der Waals surface area contributed by atoms with E-state index in [4.69, 9.17) is 9.47 Å². The lowest BCUT2D eigenvalue weighted by molar-refractivity contribution is -0.0964. The molecule has 4 nitrogen and oxygen atoms in total. The van der Waals surface area contributed by atoms with E-state index in [-0.39, 0.29) is 18.0 Å². The summed E-state index contributed by atoms with van der Waals surface area (Å²) in [6.45, 7) is 1.65. The Balaban J connectivity index is 1.52. The molecule has 138 valence electrons. The van der Waals surface area contributed by atoms with E-state index >= 15 is 0 Å². The Morgan fingerprint density at radius 3 is 2.69 bits per heavy atom. The third-order valence-electron chi connectivity index (χ3n) is 5.73. The Bertz CT molecular complexity index is 710. The maximum absolute atomic E-state index is 13.2. The van der Waals surface area contributed by atoms with Gasteiger partial charge in [0.1, 0.15) is 11.9 Å². The van der Waals surface area contributed by atoms with E-state index in [0.29, 0.717) is 17.8 Å². The standard InChI is InChI=1S/C21H25FN2O2/c1-25-19-10-9-17-12-18(19)20(26-21-4-2-3-11-23-21)14-24(17)13-15-5-7-16(22)8-6-15/h2-8,11,17-20H,9-10,12-14H2,1H3/t17-,18-,19+,20-/m0/s1. The van der Waals surface area contributed by atoms with Gasteiger partial charge in [-0.1, -0.05) is 18.2 Å². The molecule has 1 aromatic heterocycles. The van der Waals surface area contributed by atoms with Crippen LogP contribution < -0.4 is 4.74 Å². The number of aromatic nitrogens is 1. The van der Waals surface area contributed by atoms with Crippen molar-refractivity contribution >= 4 is 0 Å². The Kier molecular flexibility index (Phi) is 5.18. The Labute approximate surface area is 153 Å². The number of fused-ring (bicyclic) bond motifs is 2. The van der Waals surface area contributed by atoms with E-state index in [1.807, 2.05) is 30.3 Å². The molecule has 4 rings (SSSR count). The zero-order valence-electron chi connectivity index (χ0n) is 15.1. The second-order valence-electron chi connectivity index (χ2n) is 7.29. The van der Waals surface area contributed by atoms with Gasteiger partial charge in [-0.15, -0.1) is 0 Å². The molecule has 0 spiro atoms. The van der Waals surface area contributed by atoms with Gasteiger partial charge < -0.3 is 9.47 Å². The normalized spacial score (nSPS) is 28.7. The molecular weight excluding hydrogens is 331 g/mol. The van der Waals surface area contributed by atoms with Crippen LogP contribution in [-0.4, -0.2) is 41.8 Å². The first-order chi connectivity index (χ1) is 12.7. The first-order valence-electron chi connectivity index (χ1n) is 9.32. The smallest absolute Gasteiger partial charge is 0.213 e. The molecular formula is C21H25FN2O2. The van der Waals surface area contributed by atoms with Crippen molar-refractivity contribution in [3.8, 4) is 5.88 Å². The second kappa shape index (κ2) is 7.72. The van der Waals surface area contributed by atoms with Crippen molar-refractivity contribution in [2.75, 3.05) is 13.7 Å². The summed E-state index contributed by atoms with van der Waals surface area (Å²) in [5.41, 5.74) is 1.13. The number of piperidine rings is 1. The molecule has 0 radical (unpaired) electrons. The number of pyridine rings is 1. The summed E-state index contributed by atoms with van der Waals surface area (Å²) in [6, 6.07) is 13.1. The van der Waals surface area contributed by atoms with Crippen LogP contribution in [0, 0.1) is 11.7 Å². The fourth-order valence-corrected chi connectivity index (χ4v) is 4.40. The zero-order chi connectivity index (χ0) is 17.9. The van der Waals surface area contributed by atoms with E-state index < -0.39 is 0 Å². The number of ether oxygens (including phenoxy) is 2. The summed E-state index contributed by atoms with van der Waals surface area (Å²) in [5.74, 6) is 0.854. The number of hydrogen-bond acceptors (Lipinski definition) is 4. The molecule has 0 N–H and O–H groups in total. The minimum atomic E-state index is -0.190. The largest absolute Gasteiger partial charge is 0.473 e. The van der Waals surface area contributed by atoms with Crippen LogP contribution in [0.25, 0.3) is 0 Å². The van der Waals surface area contributed by atoms with E-state index in [2.05, 4.69) is 9.88 Å². The van der Waals surface area contributed by atoms with Gasteiger partial charge in [0.15, 0.2) is 0 Å². The van der Waals surface area contributed by atoms with Gasteiger partial charge >= 0.3 is 0 Å². The zero-order valence-corrected chi connectivity index (χ0v) is 15.1. The van der Waals surface area contributed by atoms with Crippen molar-refractivity contribution < 1.29 is 13.9 Å². The lowest BCUT2D eigenvalue weighted by atomic mass is 9.75. The van der Waals surface area contributed by atoms with Crippen molar-refractivity contribution in [1.82, 2.24) is 9.88 Å². The summed E-state index contributed by atoms with van der Waals surface area (Å²) in [5, 5.41) is 0. The van der Waals surface area contributed by atoms with E-state index in [9.17, 15) is 4.39 Å². The van der Waals surface area contributed by atoms with Crippen molar-refractivity contribution in [3.63, 3.8) is 0 Å². The fraction of sp³-hybridized carbons (Fsp3) is 0.476. The van der Waals surface area contributed by atoms with E-state index in [1.54, 1.807) is 13.3 Å². The van der Waals surface area contributed by atoms with Crippen molar-refractivity contribution in [3.05, 3.63) is 60.0 Å². The number of rotatable bonds is 5. The van der Waals surface area contributed by atoms with Crippen LogP contribution in [0.3, 0.4) is 0 Å². The molecule has 0 unspecified atom stereocenters. The predicted octanol–water partition coefficient (Wildman–Crippen LogP) is 3.67. The average Bonchev–Trinajstić information content (AvgIpc) is 2.68. The topological polar surface area (TPSA) is 34.6 Å². The maximum Gasteiger partial charge on any atom is 0.213 e. The lowest BCUT2D eigenvalue weighted by Crippen LogP contribution is -2.57. The van der Waals surface area contributed by atoms with Gasteiger partial charge in [0, 0.05) is 44.4 Å². The number of halogens is 1. The number of hydrogen-bond donors (Lipinski definition) is 0. The van der Waals surface area contributed by atoms with E-state index in [1.165, 1.54) is 12.1 Å². The molecule has 2 heterocycles. The predicted molar refractivity (Wildman–Crippen MR) is 97.4 cm³/mol. The Morgan fingerprint density at radius 2 is 1.96 bits per heavy atom. The average molecular weight is 356 g/mol. The van der Waals surface area contributed by atoms with Crippen LogP contribution in [0.2, 0.25) is 0 Å².